The van der Waals surface area contributed by atoms with Crippen LogP contribution >= 0.6 is 22.1 Å². The second-order valence-corrected chi connectivity index (χ2v) is 22.8. The van der Waals surface area contributed by atoms with Gasteiger partial charge in [-0.25, -0.2) is 0 Å². The van der Waals surface area contributed by atoms with Gasteiger partial charge in [0.1, 0.15) is 0 Å². The van der Waals surface area contributed by atoms with Gasteiger partial charge in [0, 0.05) is 22.1 Å². The fourth-order valence-corrected chi connectivity index (χ4v) is 11.0. The van der Waals surface area contributed by atoms with E-state index >= 15 is 0 Å². The molecule has 10 heteroatoms. The van der Waals surface area contributed by atoms with E-state index in [0.717, 1.165) is 77.0 Å². The Bertz CT molecular complexity index is 671. The monoisotopic (exact) mass is 926 g/mol. The zero-order chi connectivity index (χ0) is 39.0. The molecule has 1 radical (unpaired) electrons. The Labute approximate surface area is 359 Å². The average Bonchev–Trinajstić information content (AvgIpc) is 3.08. The normalized spacial score (nSPS) is 11.7. The molecule has 0 aliphatic rings. The van der Waals surface area contributed by atoms with E-state index in [2.05, 4.69) is 41.5 Å². The number of hydrogen-bond acceptors (Lipinski definition) is 6. The summed E-state index contributed by atoms with van der Waals surface area (Å²) in [7, 11) is -9.12. The number of rotatable bonds is 36. The van der Waals surface area contributed by atoms with Crippen LogP contribution in [0, 0.1) is 40.8 Å². The van der Waals surface area contributed by atoms with Gasteiger partial charge in [0.05, 0.1) is 0 Å². The molecule has 0 bridgehead atoms. The van der Waals surface area contributed by atoms with Crippen LogP contribution in [0.2, 0.25) is 0 Å². The second-order valence-electron chi connectivity index (χ2n) is 15.3. The smallest absolute Gasteiger partial charge is 0.799 e. The molecule has 0 aromatic heterocycles. The molecule has 0 saturated heterocycles. The van der Waals surface area contributed by atoms with Crippen molar-refractivity contribution < 1.29 is 69.2 Å². The van der Waals surface area contributed by atoms with E-state index < -0.39 is 22.1 Å². The first-order valence-electron chi connectivity index (χ1n) is 22.2. The molecule has 0 atom stereocenters. The van der Waals surface area contributed by atoms with E-state index in [0.29, 0.717) is 37.0 Å². The van der Waals surface area contributed by atoms with Crippen LogP contribution in [0.5, 0.6) is 0 Å². The van der Waals surface area contributed by atoms with Crippen LogP contribution < -0.4 is 14.7 Å². The molecule has 0 rings (SSSR count). The molecule has 0 saturated carbocycles. The zero-order valence-electron chi connectivity index (χ0n) is 35.7. The third-order valence-electron chi connectivity index (χ3n) is 9.61. The van der Waals surface area contributed by atoms with E-state index in [9.17, 15) is 28.4 Å². The van der Waals surface area contributed by atoms with Crippen molar-refractivity contribution in [1.29, 1.82) is 0 Å². The number of unbranched alkanes of at least 4 members (excludes halogenated alkanes) is 24. The standard InChI is InChI=1S/3C14H31O2P.Nd/c3*1-3-5-7-9-11-13-17(15,16)14-12-10-8-6-4-2;/h3*3-14H2,1-2H3,(H,15,16);/q;;;+3/p-3. The van der Waals surface area contributed by atoms with Gasteiger partial charge in [-0.3, -0.25) is 0 Å². The van der Waals surface area contributed by atoms with Crippen molar-refractivity contribution >= 4 is 22.1 Å². The summed E-state index contributed by atoms with van der Waals surface area (Å²) in [6.45, 7) is 13.1. The van der Waals surface area contributed by atoms with Crippen LogP contribution in [0.25, 0.3) is 0 Å². The maximum atomic E-state index is 11.7. The van der Waals surface area contributed by atoms with Crippen LogP contribution in [0.3, 0.4) is 0 Å². The van der Waals surface area contributed by atoms with Crippen LogP contribution in [0.4, 0.5) is 0 Å². The molecule has 0 heterocycles. The van der Waals surface area contributed by atoms with Crippen LogP contribution in [-0.4, -0.2) is 37.0 Å². The van der Waals surface area contributed by atoms with Crippen molar-refractivity contribution in [3.05, 3.63) is 0 Å². The summed E-state index contributed by atoms with van der Waals surface area (Å²) < 4.78 is 35.2. The van der Waals surface area contributed by atoms with Crippen molar-refractivity contribution in [2.75, 3.05) is 37.0 Å². The molecule has 6 nitrogen and oxygen atoms in total. The third-order valence-corrected chi connectivity index (χ3v) is 15.6. The first kappa shape index (κ1) is 60.6. The molecule has 0 spiro atoms. The van der Waals surface area contributed by atoms with Crippen LogP contribution in [0.1, 0.15) is 234 Å². The molecule has 0 aliphatic carbocycles. The quantitative estimate of drug-likeness (QED) is 0.0456. The summed E-state index contributed by atoms with van der Waals surface area (Å²) in [6.07, 6.45) is 36.1. The van der Waals surface area contributed by atoms with Crippen molar-refractivity contribution in [3.8, 4) is 0 Å². The van der Waals surface area contributed by atoms with Crippen molar-refractivity contribution in [3.63, 3.8) is 0 Å². The zero-order valence-corrected chi connectivity index (χ0v) is 41.6. The van der Waals surface area contributed by atoms with E-state index in [1.807, 2.05) is 0 Å². The molecule has 313 valence electrons. The topological polar surface area (TPSA) is 120 Å². The maximum Gasteiger partial charge on any atom is 3.00 e. The third kappa shape index (κ3) is 54.0. The molecule has 0 aliphatic heterocycles. The minimum absolute atomic E-state index is 0. The van der Waals surface area contributed by atoms with Crippen LogP contribution in [0.15, 0.2) is 0 Å². The van der Waals surface area contributed by atoms with Gasteiger partial charge in [-0.1, -0.05) is 196 Å². The van der Waals surface area contributed by atoms with Crippen LogP contribution in [-0.2, 0) is 13.7 Å². The summed E-state index contributed by atoms with van der Waals surface area (Å²) in [5.41, 5.74) is 0. The van der Waals surface area contributed by atoms with E-state index in [1.54, 1.807) is 0 Å². The molecular formula is C42H90NdO6P3. The van der Waals surface area contributed by atoms with Gasteiger partial charge in [0.15, 0.2) is 0 Å². The van der Waals surface area contributed by atoms with E-state index in [-0.39, 0.29) is 40.8 Å². The van der Waals surface area contributed by atoms with Gasteiger partial charge in [0.25, 0.3) is 0 Å². The fraction of sp³-hybridized carbons (Fsp3) is 1.00. The summed E-state index contributed by atoms with van der Waals surface area (Å²) in [5.74, 6) is 0. The summed E-state index contributed by atoms with van der Waals surface area (Å²) in [5, 5.41) is 0. The first-order chi connectivity index (χ1) is 24.4. The Morgan fingerprint density at radius 1 is 0.250 bits per heavy atom. The van der Waals surface area contributed by atoms with Gasteiger partial charge in [0.2, 0.25) is 0 Å². The Hall–Kier alpha value is 1.92. The molecule has 0 unspecified atom stereocenters. The molecule has 0 aromatic rings. The largest absolute Gasteiger partial charge is 3.00 e. The van der Waals surface area contributed by atoms with Gasteiger partial charge in [-0.15, -0.1) is 0 Å². The van der Waals surface area contributed by atoms with Crippen molar-refractivity contribution in [2.45, 2.75) is 234 Å². The molecular weight excluding hydrogens is 838 g/mol. The second kappa shape index (κ2) is 45.6. The average molecular weight is 928 g/mol. The summed E-state index contributed by atoms with van der Waals surface area (Å²) >= 11 is 0. The first-order valence-corrected chi connectivity index (χ1v) is 28.2. The predicted octanol–water partition coefficient (Wildman–Crippen LogP) is 13.7. The Morgan fingerprint density at radius 2 is 0.365 bits per heavy atom. The van der Waals surface area contributed by atoms with Gasteiger partial charge >= 0.3 is 40.8 Å². The van der Waals surface area contributed by atoms with E-state index in [1.165, 1.54) is 116 Å². The van der Waals surface area contributed by atoms with Gasteiger partial charge in [-0.05, 0) is 75.5 Å². The molecule has 0 fully saturated rings. The SMILES string of the molecule is CCCCCCCP(=O)([O-])CCCCCCC.CCCCCCCP(=O)([O-])CCCCCCC.CCCCCCCP(=O)([O-])CCCCCCC.[Nd+3]. The number of hydrogen-bond donors (Lipinski definition) is 0. The Balaban J connectivity index is -0.000000329. The van der Waals surface area contributed by atoms with Crippen molar-refractivity contribution in [2.24, 2.45) is 0 Å². The fourth-order valence-electron chi connectivity index (χ4n) is 6.07. The molecule has 52 heavy (non-hydrogen) atoms. The summed E-state index contributed by atoms with van der Waals surface area (Å²) in [4.78, 5) is 35.2. The van der Waals surface area contributed by atoms with Gasteiger partial charge in [-0.2, -0.15) is 0 Å². The summed E-state index contributed by atoms with van der Waals surface area (Å²) in [6, 6.07) is 0. The van der Waals surface area contributed by atoms with E-state index in [4.69, 9.17) is 0 Å². The minimum Gasteiger partial charge on any atom is -0.799 e. The molecule has 0 amide bonds. The van der Waals surface area contributed by atoms with Crippen molar-refractivity contribution in [1.82, 2.24) is 0 Å². The molecule has 0 N–H and O–H groups in total. The maximum absolute atomic E-state index is 11.7. The minimum atomic E-state index is -3.04. The van der Waals surface area contributed by atoms with Gasteiger partial charge < -0.3 is 28.4 Å². The Kier molecular flexibility index (Phi) is 53.2. The molecule has 0 aromatic carbocycles. The Morgan fingerprint density at radius 3 is 0.481 bits per heavy atom. The predicted molar refractivity (Wildman–Crippen MR) is 225 cm³/mol.